The number of piperidine rings is 1. The van der Waals surface area contributed by atoms with Gasteiger partial charge in [0.25, 0.3) is 5.91 Å². The van der Waals surface area contributed by atoms with Gasteiger partial charge in [0, 0.05) is 37.9 Å². The molecule has 1 fully saturated rings. The summed E-state index contributed by atoms with van der Waals surface area (Å²) >= 11 is 6.10. The second kappa shape index (κ2) is 8.52. The Bertz CT molecular complexity index is 875. The number of carbonyl (C=O) groups excluding carboxylic acids is 2. The van der Waals surface area contributed by atoms with E-state index in [1.165, 1.54) is 14.2 Å². The van der Waals surface area contributed by atoms with Crippen molar-refractivity contribution in [1.29, 1.82) is 0 Å². The standard InChI is InChI=1S/C19H23ClN4O4/c1-23-11-14(18(22-23)28-3)19(26)24-8-6-12(7-9-24)17(25)21-13-4-5-16(27-2)15(20)10-13/h4-5,10-12H,6-9H2,1-3H3,(H,21,25). The Labute approximate surface area is 168 Å². The van der Waals surface area contributed by atoms with Gasteiger partial charge >= 0.3 is 0 Å². The number of amides is 2. The number of aryl methyl sites for hydroxylation is 1. The zero-order valence-electron chi connectivity index (χ0n) is 16.1. The fourth-order valence-corrected chi connectivity index (χ4v) is 3.53. The minimum Gasteiger partial charge on any atom is -0.495 e. The van der Waals surface area contributed by atoms with Crippen LogP contribution in [0.1, 0.15) is 23.2 Å². The number of ether oxygens (including phenoxy) is 2. The average Bonchev–Trinajstić information content (AvgIpc) is 3.08. The van der Waals surface area contributed by atoms with Gasteiger partial charge in [-0.2, -0.15) is 0 Å². The van der Waals surface area contributed by atoms with Crippen molar-refractivity contribution < 1.29 is 19.1 Å². The van der Waals surface area contributed by atoms with Gasteiger partial charge in [0.2, 0.25) is 11.8 Å². The highest BCUT2D eigenvalue weighted by molar-refractivity contribution is 6.32. The summed E-state index contributed by atoms with van der Waals surface area (Å²) in [5, 5.41) is 7.44. The van der Waals surface area contributed by atoms with Crippen LogP contribution < -0.4 is 14.8 Å². The number of likely N-dealkylation sites (tertiary alicyclic amines) is 1. The third kappa shape index (κ3) is 4.22. The van der Waals surface area contributed by atoms with Gasteiger partial charge in [0.15, 0.2) is 0 Å². The van der Waals surface area contributed by atoms with Crippen molar-refractivity contribution in [3.05, 3.63) is 35.0 Å². The number of rotatable bonds is 5. The largest absolute Gasteiger partial charge is 0.495 e. The molecule has 1 aromatic heterocycles. The number of nitrogens with one attached hydrogen (secondary N) is 1. The first-order valence-corrected chi connectivity index (χ1v) is 9.32. The Morgan fingerprint density at radius 2 is 1.93 bits per heavy atom. The molecule has 1 saturated heterocycles. The molecular formula is C19H23ClN4O4. The van der Waals surface area contributed by atoms with Crippen LogP contribution in [0.4, 0.5) is 5.69 Å². The first-order valence-electron chi connectivity index (χ1n) is 8.94. The number of aromatic nitrogens is 2. The summed E-state index contributed by atoms with van der Waals surface area (Å²) < 4.78 is 11.8. The summed E-state index contributed by atoms with van der Waals surface area (Å²) in [6.07, 6.45) is 2.82. The lowest BCUT2D eigenvalue weighted by Gasteiger charge is -2.31. The lowest BCUT2D eigenvalue weighted by molar-refractivity contribution is -0.121. The van der Waals surface area contributed by atoms with Crippen molar-refractivity contribution in [2.75, 3.05) is 32.6 Å². The molecule has 1 aliphatic heterocycles. The Balaban J connectivity index is 1.58. The topological polar surface area (TPSA) is 85.7 Å². The number of hydrogen-bond acceptors (Lipinski definition) is 5. The van der Waals surface area contributed by atoms with Crippen molar-refractivity contribution >= 4 is 29.1 Å². The van der Waals surface area contributed by atoms with E-state index in [0.717, 1.165) is 0 Å². The van der Waals surface area contributed by atoms with Crippen molar-refractivity contribution in [3.8, 4) is 11.6 Å². The van der Waals surface area contributed by atoms with Crippen LogP contribution in [0.5, 0.6) is 11.6 Å². The fourth-order valence-electron chi connectivity index (χ4n) is 3.27. The molecular weight excluding hydrogens is 384 g/mol. The zero-order valence-corrected chi connectivity index (χ0v) is 16.8. The molecule has 8 nitrogen and oxygen atoms in total. The molecule has 9 heteroatoms. The molecule has 3 rings (SSSR count). The van der Waals surface area contributed by atoms with Crippen molar-refractivity contribution in [1.82, 2.24) is 14.7 Å². The highest BCUT2D eigenvalue weighted by atomic mass is 35.5. The Kier molecular flexibility index (Phi) is 6.08. The third-order valence-electron chi connectivity index (χ3n) is 4.79. The zero-order chi connectivity index (χ0) is 20.3. The Morgan fingerprint density at radius 1 is 1.21 bits per heavy atom. The minimum atomic E-state index is -0.166. The number of methoxy groups -OCH3 is 2. The first kappa shape index (κ1) is 20.0. The van der Waals surface area contributed by atoms with Gasteiger partial charge in [0.1, 0.15) is 11.3 Å². The van der Waals surface area contributed by atoms with Crippen LogP contribution in [-0.2, 0) is 11.8 Å². The van der Waals surface area contributed by atoms with Gasteiger partial charge in [-0.3, -0.25) is 14.3 Å². The smallest absolute Gasteiger partial charge is 0.260 e. The van der Waals surface area contributed by atoms with Gasteiger partial charge in [-0.1, -0.05) is 11.6 Å². The molecule has 0 aliphatic carbocycles. The SMILES string of the molecule is COc1ccc(NC(=O)C2CCN(C(=O)c3cn(C)nc3OC)CC2)cc1Cl. The lowest BCUT2D eigenvalue weighted by Crippen LogP contribution is -2.41. The summed E-state index contributed by atoms with van der Waals surface area (Å²) in [6, 6.07) is 5.11. The van der Waals surface area contributed by atoms with Gasteiger partial charge < -0.3 is 19.7 Å². The van der Waals surface area contributed by atoms with Crippen LogP contribution in [0, 0.1) is 5.92 Å². The summed E-state index contributed by atoms with van der Waals surface area (Å²) in [5.74, 6) is 0.486. The molecule has 0 bridgehead atoms. The van der Waals surface area contributed by atoms with E-state index < -0.39 is 0 Å². The number of nitrogens with zero attached hydrogens (tertiary/aromatic N) is 3. The highest BCUT2D eigenvalue weighted by Gasteiger charge is 2.30. The molecule has 0 unspecified atom stereocenters. The van der Waals surface area contributed by atoms with Crippen molar-refractivity contribution in [2.24, 2.45) is 13.0 Å². The second-order valence-electron chi connectivity index (χ2n) is 6.63. The van der Waals surface area contributed by atoms with Gasteiger partial charge in [0.05, 0.1) is 19.2 Å². The molecule has 2 aromatic rings. The maximum absolute atomic E-state index is 12.7. The second-order valence-corrected chi connectivity index (χ2v) is 7.04. The van der Waals surface area contributed by atoms with E-state index >= 15 is 0 Å². The molecule has 0 saturated carbocycles. The summed E-state index contributed by atoms with van der Waals surface area (Å²) in [6.45, 7) is 0.997. The summed E-state index contributed by atoms with van der Waals surface area (Å²) in [7, 11) is 4.76. The van der Waals surface area contributed by atoms with Gasteiger partial charge in [-0.05, 0) is 31.0 Å². The predicted molar refractivity (Wildman–Crippen MR) is 105 cm³/mol. The van der Waals surface area contributed by atoms with E-state index in [0.29, 0.717) is 53.8 Å². The number of anilines is 1. The van der Waals surface area contributed by atoms with Crippen LogP contribution in [0.25, 0.3) is 0 Å². The van der Waals surface area contributed by atoms with Crippen LogP contribution in [0.15, 0.2) is 24.4 Å². The van der Waals surface area contributed by atoms with Crippen LogP contribution in [-0.4, -0.2) is 53.8 Å². The van der Waals surface area contributed by atoms with E-state index in [2.05, 4.69) is 10.4 Å². The van der Waals surface area contributed by atoms with Gasteiger partial charge in [-0.15, -0.1) is 5.10 Å². The molecule has 150 valence electrons. The maximum atomic E-state index is 12.7. The molecule has 1 N–H and O–H groups in total. The van der Waals surface area contributed by atoms with E-state index in [1.54, 1.807) is 41.0 Å². The highest BCUT2D eigenvalue weighted by Crippen LogP contribution is 2.28. The van der Waals surface area contributed by atoms with E-state index in [9.17, 15) is 9.59 Å². The monoisotopic (exact) mass is 406 g/mol. The third-order valence-corrected chi connectivity index (χ3v) is 5.09. The first-order chi connectivity index (χ1) is 13.4. The van der Waals surface area contributed by atoms with E-state index in [-0.39, 0.29) is 17.7 Å². The van der Waals surface area contributed by atoms with Crippen LogP contribution in [0.2, 0.25) is 5.02 Å². The summed E-state index contributed by atoms with van der Waals surface area (Å²) in [4.78, 5) is 27.0. The van der Waals surface area contributed by atoms with Crippen LogP contribution in [0.3, 0.4) is 0 Å². The normalized spacial score (nSPS) is 14.6. The Morgan fingerprint density at radius 3 is 2.54 bits per heavy atom. The summed E-state index contributed by atoms with van der Waals surface area (Å²) in [5.41, 5.74) is 1.05. The molecule has 2 amide bonds. The fraction of sp³-hybridized carbons (Fsp3) is 0.421. The number of benzene rings is 1. The number of hydrogen-bond donors (Lipinski definition) is 1. The van der Waals surface area contributed by atoms with Gasteiger partial charge in [-0.25, -0.2) is 0 Å². The number of carbonyl (C=O) groups is 2. The average molecular weight is 407 g/mol. The molecule has 0 atom stereocenters. The quantitative estimate of drug-likeness (QED) is 0.824. The number of halogens is 1. The van der Waals surface area contributed by atoms with Crippen molar-refractivity contribution in [3.63, 3.8) is 0 Å². The van der Waals surface area contributed by atoms with Crippen molar-refractivity contribution in [2.45, 2.75) is 12.8 Å². The molecule has 0 spiro atoms. The predicted octanol–water partition coefficient (Wildman–Crippen LogP) is 2.58. The lowest BCUT2D eigenvalue weighted by atomic mass is 9.95. The van der Waals surface area contributed by atoms with Crippen LogP contribution >= 0.6 is 11.6 Å². The molecule has 1 aliphatic rings. The molecule has 0 radical (unpaired) electrons. The molecule has 2 heterocycles. The molecule has 28 heavy (non-hydrogen) atoms. The van der Waals surface area contributed by atoms with E-state index in [4.69, 9.17) is 21.1 Å². The molecule has 1 aromatic carbocycles. The Hall–Kier alpha value is -2.74. The van der Waals surface area contributed by atoms with E-state index in [1.807, 2.05) is 0 Å². The minimum absolute atomic E-state index is 0.0766. The maximum Gasteiger partial charge on any atom is 0.260 e.